The molecule has 0 aliphatic carbocycles. The van der Waals surface area contributed by atoms with Crippen LogP contribution in [-0.4, -0.2) is 36.4 Å². The van der Waals surface area contributed by atoms with E-state index in [0.29, 0.717) is 6.54 Å². The van der Waals surface area contributed by atoms with Crippen molar-refractivity contribution in [2.24, 2.45) is 0 Å². The third-order valence-corrected chi connectivity index (χ3v) is 2.30. The Bertz CT molecular complexity index is 166. The number of hydrogen-bond donors (Lipinski definition) is 2. The average Bonchev–Trinajstić information content (AvgIpc) is 2.15. The first-order valence-corrected chi connectivity index (χ1v) is 4.78. The Balaban J connectivity index is 2.13. The highest BCUT2D eigenvalue weighted by atomic mass is 16.5. The second-order valence-electron chi connectivity index (χ2n) is 3.46. The van der Waals surface area contributed by atoms with Gasteiger partial charge in [-0.05, 0) is 26.2 Å². The van der Waals surface area contributed by atoms with Crippen LogP contribution in [0.2, 0.25) is 0 Å². The normalized spacial score (nSPS) is 25.5. The highest BCUT2D eigenvalue weighted by Gasteiger charge is 2.16. The Morgan fingerprint density at radius 3 is 3.00 bits per heavy atom. The lowest BCUT2D eigenvalue weighted by molar-refractivity contribution is -0.139. The number of rotatable bonds is 4. The molecule has 0 bridgehead atoms. The predicted octanol–water partition coefficient (Wildman–Crippen LogP) is 0.618. The Hall–Kier alpha value is -0.610. The summed E-state index contributed by atoms with van der Waals surface area (Å²) in [7, 11) is 0. The molecule has 0 aromatic carbocycles. The molecule has 0 aromatic rings. The fourth-order valence-corrected chi connectivity index (χ4v) is 1.36. The van der Waals surface area contributed by atoms with E-state index in [-0.39, 0.29) is 6.10 Å². The van der Waals surface area contributed by atoms with E-state index in [2.05, 4.69) is 5.32 Å². The Kier molecular flexibility index (Phi) is 4.18. The number of carboxylic acids is 1. The molecule has 1 fully saturated rings. The van der Waals surface area contributed by atoms with Crippen LogP contribution in [0.25, 0.3) is 0 Å². The maximum atomic E-state index is 10.5. The standard InChI is InChI=1S/C9H17NO3/c1-7(9(11)12)10-6-8-4-2-3-5-13-8/h7-8,10H,2-6H2,1H3,(H,11,12)/t7-,8?/m0/s1. The molecule has 1 rings (SSSR count). The van der Waals surface area contributed by atoms with Crippen molar-refractivity contribution >= 4 is 5.97 Å². The molecular formula is C9H17NO3. The van der Waals surface area contributed by atoms with Crippen LogP contribution in [0, 0.1) is 0 Å². The van der Waals surface area contributed by atoms with Gasteiger partial charge in [0, 0.05) is 13.2 Å². The van der Waals surface area contributed by atoms with Crippen LogP contribution < -0.4 is 5.32 Å². The van der Waals surface area contributed by atoms with Crippen LogP contribution >= 0.6 is 0 Å². The van der Waals surface area contributed by atoms with E-state index in [1.54, 1.807) is 6.92 Å². The van der Waals surface area contributed by atoms with Gasteiger partial charge in [0.1, 0.15) is 6.04 Å². The van der Waals surface area contributed by atoms with Gasteiger partial charge < -0.3 is 15.2 Å². The zero-order valence-corrected chi connectivity index (χ0v) is 7.95. The van der Waals surface area contributed by atoms with Crippen molar-refractivity contribution in [2.45, 2.75) is 38.3 Å². The van der Waals surface area contributed by atoms with Gasteiger partial charge in [0.2, 0.25) is 0 Å². The molecule has 0 radical (unpaired) electrons. The van der Waals surface area contributed by atoms with Crippen molar-refractivity contribution in [1.82, 2.24) is 5.32 Å². The molecule has 4 heteroatoms. The number of ether oxygens (including phenoxy) is 1. The van der Waals surface area contributed by atoms with E-state index >= 15 is 0 Å². The van der Waals surface area contributed by atoms with Crippen molar-refractivity contribution in [2.75, 3.05) is 13.2 Å². The van der Waals surface area contributed by atoms with Gasteiger partial charge in [0.15, 0.2) is 0 Å². The summed E-state index contributed by atoms with van der Waals surface area (Å²) in [5.74, 6) is -0.809. The molecule has 2 atom stereocenters. The summed E-state index contributed by atoms with van der Waals surface area (Å²) in [5.41, 5.74) is 0. The second kappa shape index (κ2) is 5.19. The van der Waals surface area contributed by atoms with Crippen LogP contribution in [0.4, 0.5) is 0 Å². The Morgan fingerprint density at radius 1 is 1.69 bits per heavy atom. The number of hydrogen-bond acceptors (Lipinski definition) is 3. The summed E-state index contributed by atoms with van der Waals surface area (Å²) in [6.45, 7) is 3.10. The molecule has 0 saturated carbocycles. The van der Waals surface area contributed by atoms with Crippen LogP contribution in [0.3, 0.4) is 0 Å². The van der Waals surface area contributed by atoms with E-state index in [9.17, 15) is 4.79 Å². The van der Waals surface area contributed by atoms with Gasteiger partial charge in [-0.1, -0.05) is 0 Å². The highest BCUT2D eigenvalue weighted by molar-refractivity contribution is 5.72. The van der Waals surface area contributed by atoms with E-state index in [1.807, 2.05) is 0 Å². The summed E-state index contributed by atoms with van der Waals surface area (Å²) in [4.78, 5) is 10.5. The van der Waals surface area contributed by atoms with E-state index in [1.165, 1.54) is 6.42 Å². The summed E-state index contributed by atoms with van der Waals surface area (Å²) < 4.78 is 5.45. The average molecular weight is 187 g/mol. The zero-order valence-electron chi connectivity index (χ0n) is 7.95. The fourth-order valence-electron chi connectivity index (χ4n) is 1.36. The fraction of sp³-hybridized carbons (Fsp3) is 0.889. The summed E-state index contributed by atoms with van der Waals surface area (Å²) in [6.07, 6.45) is 3.56. The number of carboxylic acid groups (broad SMARTS) is 1. The van der Waals surface area contributed by atoms with Gasteiger partial charge in [0.05, 0.1) is 6.10 Å². The predicted molar refractivity (Wildman–Crippen MR) is 48.7 cm³/mol. The Labute approximate surface area is 78.3 Å². The van der Waals surface area contributed by atoms with Gasteiger partial charge in [-0.15, -0.1) is 0 Å². The van der Waals surface area contributed by atoms with E-state index in [0.717, 1.165) is 19.4 Å². The largest absolute Gasteiger partial charge is 0.480 e. The molecule has 1 saturated heterocycles. The first kappa shape index (κ1) is 10.5. The summed E-state index contributed by atoms with van der Waals surface area (Å²) in [6, 6.07) is -0.481. The van der Waals surface area contributed by atoms with Gasteiger partial charge in [-0.25, -0.2) is 0 Å². The monoisotopic (exact) mass is 187 g/mol. The van der Waals surface area contributed by atoms with Gasteiger partial charge in [-0.3, -0.25) is 4.79 Å². The smallest absolute Gasteiger partial charge is 0.320 e. The lowest BCUT2D eigenvalue weighted by Crippen LogP contribution is -2.40. The third-order valence-electron chi connectivity index (χ3n) is 2.30. The molecule has 1 aliphatic heterocycles. The van der Waals surface area contributed by atoms with Crippen molar-refractivity contribution in [3.63, 3.8) is 0 Å². The van der Waals surface area contributed by atoms with Gasteiger partial charge in [-0.2, -0.15) is 0 Å². The van der Waals surface area contributed by atoms with Gasteiger partial charge in [0.25, 0.3) is 0 Å². The van der Waals surface area contributed by atoms with Crippen molar-refractivity contribution < 1.29 is 14.6 Å². The zero-order chi connectivity index (χ0) is 9.68. The van der Waals surface area contributed by atoms with E-state index < -0.39 is 12.0 Å². The van der Waals surface area contributed by atoms with Crippen LogP contribution in [0.1, 0.15) is 26.2 Å². The molecule has 13 heavy (non-hydrogen) atoms. The quantitative estimate of drug-likeness (QED) is 0.677. The highest BCUT2D eigenvalue weighted by Crippen LogP contribution is 2.11. The molecule has 0 amide bonds. The molecular weight excluding hydrogens is 170 g/mol. The molecule has 0 spiro atoms. The molecule has 1 aliphatic rings. The van der Waals surface area contributed by atoms with Gasteiger partial charge >= 0.3 is 5.97 Å². The minimum absolute atomic E-state index is 0.204. The minimum atomic E-state index is -0.809. The molecule has 76 valence electrons. The molecule has 1 heterocycles. The molecule has 0 aromatic heterocycles. The van der Waals surface area contributed by atoms with Crippen molar-refractivity contribution in [1.29, 1.82) is 0 Å². The third kappa shape index (κ3) is 3.74. The van der Waals surface area contributed by atoms with Crippen molar-refractivity contribution in [3.05, 3.63) is 0 Å². The SMILES string of the molecule is C[C@H](NCC1CCCCO1)C(=O)O. The van der Waals surface area contributed by atoms with E-state index in [4.69, 9.17) is 9.84 Å². The van der Waals surface area contributed by atoms with Crippen LogP contribution in [-0.2, 0) is 9.53 Å². The molecule has 4 nitrogen and oxygen atoms in total. The topological polar surface area (TPSA) is 58.6 Å². The molecule has 2 N–H and O–H groups in total. The maximum Gasteiger partial charge on any atom is 0.320 e. The number of carbonyl (C=O) groups is 1. The lowest BCUT2D eigenvalue weighted by atomic mass is 10.1. The first-order chi connectivity index (χ1) is 6.20. The van der Waals surface area contributed by atoms with Crippen LogP contribution in [0.15, 0.2) is 0 Å². The Morgan fingerprint density at radius 2 is 2.46 bits per heavy atom. The number of nitrogens with one attached hydrogen (secondary N) is 1. The second-order valence-corrected chi connectivity index (χ2v) is 3.46. The van der Waals surface area contributed by atoms with Crippen LogP contribution in [0.5, 0.6) is 0 Å². The summed E-state index contributed by atoms with van der Waals surface area (Å²) >= 11 is 0. The maximum absolute atomic E-state index is 10.5. The lowest BCUT2D eigenvalue weighted by Gasteiger charge is -2.23. The van der Waals surface area contributed by atoms with Crippen molar-refractivity contribution in [3.8, 4) is 0 Å². The molecule has 1 unspecified atom stereocenters. The number of aliphatic carboxylic acids is 1. The summed E-state index contributed by atoms with van der Waals surface area (Å²) in [5, 5.41) is 11.5. The first-order valence-electron chi connectivity index (χ1n) is 4.78. The minimum Gasteiger partial charge on any atom is -0.480 e.